The Balaban J connectivity index is 1.41. The number of nitrogens with zero attached hydrogens (tertiary/aromatic N) is 2. The van der Waals surface area contributed by atoms with Gasteiger partial charge in [0, 0.05) is 22.2 Å². The minimum absolute atomic E-state index is 0.182. The van der Waals surface area contributed by atoms with E-state index >= 15 is 0 Å². The van der Waals surface area contributed by atoms with E-state index < -0.39 is 5.72 Å². The summed E-state index contributed by atoms with van der Waals surface area (Å²) in [5.41, 5.74) is 1.18. The molecular weight excluding hydrogens is 444 g/mol. The third kappa shape index (κ3) is 4.44. The molecule has 1 heterocycles. The van der Waals surface area contributed by atoms with E-state index in [2.05, 4.69) is 33.2 Å². The first kappa shape index (κ1) is 21.1. The number of benzene rings is 2. The molecule has 1 fully saturated rings. The van der Waals surface area contributed by atoms with Crippen LogP contribution in [0, 0.1) is 0 Å². The van der Waals surface area contributed by atoms with Crippen molar-refractivity contribution in [2.75, 3.05) is 6.61 Å². The molecule has 0 unspecified atom stereocenters. The summed E-state index contributed by atoms with van der Waals surface area (Å²) in [6.07, 6.45) is 6.71. The van der Waals surface area contributed by atoms with Crippen LogP contribution in [0.4, 0.5) is 0 Å². The van der Waals surface area contributed by atoms with Gasteiger partial charge in [0.25, 0.3) is 5.91 Å². The molecule has 1 amide bonds. The van der Waals surface area contributed by atoms with Gasteiger partial charge in [0.2, 0.25) is 0 Å². The van der Waals surface area contributed by atoms with Gasteiger partial charge in [-0.25, -0.2) is 0 Å². The number of halogens is 1. The molecule has 30 heavy (non-hydrogen) atoms. The third-order valence-electron chi connectivity index (χ3n) is 5.99. The topological polar surface area (TPSA) is 62.1 Å². The van der Waals surface area contributed by atoms with E-state index in [-0.39, 0.29) is 18.9 Å². The molecule has 6 heteroatoms. The van der Waals surface area contributed by atoms with Crippen molar-refractivity contribution >= 4 is 27.5 Å². The smallest absolute Gasteiger partial charge is 0.283 e. The molecule has 0 bridgehead atoms. The van der Waals surface area contributed by atoms with Gasteiger partial charge in [-0.1, -0.05) is 59.5 Å². The highest BCUT2D eigenvalue weighted by molar-refractivity contribution is 9.10. The summed E-state index contributed by atoms with van der Waals surface area (Å²) >= 11 is 3.40. The fraction of sp³-hybridized carbons (Fsp3) is 0.417. The molecule has 0 spiro atoms. The molecule has 2 aromatic rings. The average molecular weight is 471 g/mol. The fourth-order valence-corrected chi connectivity index (χ4v) is 4.67. The second kappa shape index (κ2) is 8.90. The van der Waals surface area contributed by atoms with E-state index in [9.17, 15) is 9.90 Å². The monoisotopic (exact) mass is 470 g/mol. The molecule has 1 atom stereocenters. The Kier molecular flexibility index (Phi) is 6.25. The number of hydrazone groups is 1. The normalized spacial score (nSPS) is 22.1. The number of amides is 1. The number of carbonyl (C=O) groups excluding carboxylic acids is 1. The van der Waals surface area contributed by atoms with E-state index in [1.54, 1.807) is 12.1 Å². The molecule has 1 aliphatic carbocycles. The molecule has 1 aliphatic heterocycles. The second-order valence-corrected chi connectivity index (χ2v) is 9.15. The highest BCUT2D eigenvalue weighted by Gasteiger charge is 2.44. The molecule has 4 rings (SSSR count). The quantitative estimate of drug-likeness (QED) is 0.642. The predicted molar refractivity (Wildman–Crippen MR) is 120 cm³/mol. The Morgan fingerprint density at radius 3 is 2.47 bits per heavy atom. The highest BCUT2D eigenvalue weighted by atomic mass is 79.9. The summed E-state index contributed by atoms with van der Waals surface area (Å²) in [6, 6.07) is 15.3. The van der Waals surface area contributed by atoms with E-state index in [4.69, 9.17) is 4.74 Å². The van der Waals surface area contributed by atoms with E-state index in [0.29, 0.717) is 22.9 Å². The van der Waals surface area contributed by atoms with Crippen molar-refractivity contribution in [1.29, 1.82) is 0 Å². The van der Waals surface area contributed by atoms with Crippen LogP contribution in [0.15, 0.2) is 58.1 Å². The largest absolute Gasteiger partial charge is 0.484 e. The number of ether oxygens (including phenoxy) is 1. The van der Waals surface area contributed by atoms with Gasteiger partial charge < -0.3 is 9.84 Å². The van der Waals surface area contributed by atoms with Gasteiger partial charge in [0.1, 0.15) is 5.75 Å². The average Bonchev–Trinajstić information content (AvgIpc) is 3.08. The number of rotatable bonds is 5. The van der Waals surface area contributed by atoms with Crippen LogP contribution in [0.25, 0.3) is 0 Å². The lowest BCUT2D eigenvalue weighted by Gasteiger charge is -2.31. The van der Waals surface area contributed by atoms with Gasteiger partial charge >= 0.3 is 0 Å². The molecule has 1 N–H and O–H groups in total. The molecule has 0 aromatic heterocycles. The van der Waals surface area contributed by atoms with Crippen molar-refractivity contribution in [3.05, 3.63) is 64.1 Å². The molecule has 0 saturated heterocycles. The van der Waals surface area contributed by atoms with Crippen molar-refractivity contribution in [1.82, 2.24) is 5.01 Å². The second-order valence-electron chi connectivity index (χ2n) is 8.23. The summed E-state index contributed by atoms with van der Waals surface area (Å²) in [4.78, 5) is 12.9. The van der Waals surface area contributed by atoms with Crippen molar-refractivity contribution in [2.45, 2.75) is 57.1 Å². The Morgan fingerprint density at radius 2 is 1.80 bits per heavy atom. The van der Waals surface area contributed by atoms with Gasteiger partial charge in [-0.3, -0.25) is 4.79 Å². The first-order valence-electron chi connectivity index (χ1n) is 10.5. The Labute approximate surface area is 185 Å². The first-order chi connectivity index (χ1) is 14.5. The van der Waals surface area contributed by atoms with Crippen molar-refractivity contribution in [2.24, 2.45) is 5.10 Å². The van der Waals surface area contributed by atoms with Crippen molar-refractivity contribution < 1.29 is 14.6 Å². The molecule has 1 saturated carbocycles. The Morgan fingerprint density at radius 1 is 1.13 bits per heavy atom. The zero-order chi connectivity index (χ0) is 21.1. The van der Waals surface area contributed by atoms with E-state index in [1.165, 1.54) is 37.7 Å². The fourth-order valence-electron chi connectivity index (χ4n) is 4.40. The van der Waals surface area contributed by atoms with Gasteiger partial charge in [0.15, 0.2) is 12.3 Å². The predicted octanol–water partition coefficient (Wildman–Crippen LogP) is 5.33. The highest BCUT2D eigenvalue weighted by Crippen LogP contribution is 2.36. The van der Waals surface area contributed by atoms with E-state index in [1.807, 2.05) is 31.2 Å². The van der Waals surface area contributed by atoms with Crippen LogP contribution >= 0.6 is 15.9 Å². The molecule has 2 aliphatic rings. The van der Waals surface area contributed by atoms with Crippen LogP contribution in [-0.4, -0.2) is 28.3 Å². The van der Waals surface area contributed by atoms with Crippen LogP contribution in [0.1, 0.15) is 62.5 Å². The maximum Gasteiger partial charge on any atom is 0.283 e. The van der Waals surface area contributed by atoms with Gasteiger partial charge in [-0.05, 0) is 55.5 Å². The Bertz CT molecular complexity index is 920. The van der Waals surface area contributed by atoms with Crippen LogP contribution in [0.3, 0.4) is 0 Å². The van der Waals surface area contributed by atoms with Gasteiger partial charge in [-0.15, -0.1) is 0 Å². The molecular formula is C24H27BrN2O3. The van der Waals surface area contributed by atoms with Gasteiger partial charge in [-0.2, -0.15) is 10.1 Å². The van der Waals surface area contributed by atoms with Crippen LogP contribution < -0.4 is 4.74 Å². The standard InChI is InChI=1S/C24H27BrN2O3/c1-17-15-24(29,20-9-11-21(25)12-10-20)27(26-17)23(28)16-30-22-13-7-19(8-14-22)18-5-3-2-4-6-18/h7-14,18,29H,2-6,15-16H2,1H3/t24-/m1/s1. The number of aliphatic hydroxyl groups is 1. The van der Waals surface area contributed by atoms with E-state index in [0.717, 1.165) is 9.48 Å². The van der Waals surface area contributed by atoms with Gasteiger partial charge in [0.05, 0.1) is 0 Å². The maximum absolute atomic E-state index is 12.9. The maximum atomic E-state index is 12.9. The minimum Gasteiger partial charge on any atom is -0.484 e. The van der Waals surface area contributed by atoms with Crippen molar-refractivity contribution in [3.8, 4) is 5.75 Å². The molecule has 158 valence electrons. The summed E-state index contributed by atoms with van der Waals surface area (Å²) < 4.78 is 6.63. The number of hydrogen-bond acceptors (Lipinski definition) is 4. The summed E-state index contributed by atoms with van der Waals surface area (Å²) in [6.45, 7) is 1.63. The Hall–Kier alpha value is -2.18. The lowest BCUT2D eigenvalue weighted by atomic mass is 9.84. The minimum atomic E-state index is -1.49. The number of carbonyl (C=O) groups is 1. The lowest BCUT2D eigenvalue weighted by Crippen LogP contribution is -2.45. The molecule has 2 aromatic carbocycles. The summed E-state index contributed by atoms with van der Waals surface area (Å²) in [5.74, 6) is 0.904. The lowest BCUT2D eigenvalue weighted by molar-refractivity contribution is -0.159. The van der Waals surface area contributed by atoms with Crippen LogP contribution in [-0.2, 0) is 10.5 Å². The zero-order valence-corrected chi connectivity index (χ0v) is 18.8. The summed E-state index contributed by atoms with van der Waals surface area (Å²) in [5, 5.41) is 16.7. The van der Waals surface area contributed by atoms with Crippen LogP contribution in [0.2, 0.25) is 0 Å². The first-order valence-corrected chi connectivity index (χ1v) is 11.3. The molecule has 0 radical (unpaired) electrons. The van der Waals surface area contributed by atoms with Crippen LogP contribution in [0.5, 0.6) is 5.75 Å². The number of hydrogen-bond donors (Lipinski definition) is 1. The third-order valence-corrected chi connectivity index (χ3v) is 6.51. The summed E-state index contributed by atoms with van der Waals surface area (Å²) in [7, 11) is 0. The zero-order valence-electron chi connectivity index (χ0n) is 17.2. The molecule has 5 nitrogen and oxygen atoms in total. The van der Waals surface area contributed by atoms with Crippen molar-refractivity contribution in [3.63, 3.8) is 0 Å². The SMILES string of the molecule is CC1=NN(C(=O)COc2ccc(C3CCCCC3)cc2)[C@](O)(c2ccc(Br)cc2)C1.